The molecule has 0 radical (unpaired) electrons. The number of para-hydroxylation sites is 1. The highest BCUT2D eigenvalue weighted by Gasteiger charge is 2.30. The number of piperidine rings is 1. The first-order chi connectivity index (χ1) is 19.5. The van der Waals surface area contributed by atoms with Crippen LogP contribution in [-0.2, 0) is 23.2 Å². The van der Waals surface area contributed by atoms with Crippen molar-refractivity contribution in [3.63, 3.8) is 0 Å². The molecule has 40 heavy (non-hydrogen) atoms. The topological polar surface area (TPSA) is 104 Å². The van der Waals surface area contributed by atoms with Gasteiger partial charge in [-0.3, -0.25) is 14.7 Å². The molecule has 7 rings (SSSR count). The van der Waals surface area contributed by atoms with Crippen LogP contribution >= 0.6 is 0 Å². The highest BCUT2D eigenvalue weighted by Crippen LogP contribution is 2.37. The van der Waals surface area contributed by atoms with E-state index in [1.807, 2.05) is 0 Å². The number of carbonyl (C=O) groups excluding carboxylic acids is 1. The first-order valence-corrected chi connectivity index (χ1v) is 14.9. The van der Waals surface area contributed by atoms with Crippen LogP contribution < -0.4 is 9.50 Å². The Morgan fingerprint density at radius 3 is 2.65 bits per heavy atom. The lowest BCUT2D eigenvalue weighted by Gasteiger charge is -2.26. The summed E-state index contributed by atoms with van der Waals surface area (Å²) in [5.74, 6) is -0.130. The Hall–Kier alpha value is -4.21. The highest BCUT2D eigenvalue weighted by molar-refractivity contribution is 7.87. The fourth-order valence-corrected chi connectivity index (χ4v) is 7.00. The second-order valence-electron chi connectivity index (χ2n) is 10.5. The molecule has 8 nitrogen and oxygen atoms in total. The van der Waals surface area contributed by atoms with Gasteiger partial charge in [0.05, 0.1) is 11.1 Å². The monoisotopic (exact) mass is 552 g/mol. The Morgan fingerprint density at radius 1 is 0.925 bits per heavy atom. The maximum atomic E-state index is 13.4. The molecule has 0 bridgehead atoms. The van der Waals surface area contributed by atoms with Crippen molar-refractivity contribution >= 4 is 37.8 Å². The van der Waals surface area contributed by atoms with Crippen molar-refractivity contribution < 1.29 is 17.4 Å². The highest BCUT2D eigenvalue weighted by atomic mass is 32.2. The lowest BCUT2D eigenvalue weighted by atomic mass is 9.99. The number of carbonyl (C=O) groups is 1. The number of hydrogen-bond acceptors (Lipinski definition) is 6. The zero-order valence-corrected chi connectivity index (χ0v) is 22.6. The fraction of sp³-hybridized carbons (Fsp3) is 0.226. The third kappa shape index (κ3) is 4.41. The van der Waals surface area contributed by atoms with Gasteiger partial charge in [0, 0.05) is 52.4 Å². The van der Waals surface area contributed by atoms with E-state index in [1.54, 1.807) is 42.6 Å². The average molecular weight is 553 g/mol. The first-order valence-electron chi connectivity index (χ1n) is 13.5. The summed E-state index contributed by atoms with van der Waals surface area (Å²) in [5.41, 5.74) is 5.02. The number of rotatable bonds is 6. The number of likely N-dealkylation sites (tertiary alicyclic amines) is 1. The van der Waals surface area contributed by atoms with Crippen LogP contribution in [-0.4, -0.2) is 42.3 Å². The molecule has 2 aromatic heterocycles. The number of fused-ring (bicyclic) bond motifs is 3. The van der Waals surface area contributed by atoms with Crippen LogP contribution in [0.25, 0.3) is 33.1 Å². The Morgan fingerprint density at radius 2 is 1.77 bits per heavy atom. The fourth-order valence-electron chi connectivity index (χ4n) is 5.87. The minimum atomic E-state index is -4.21. The Kier molecular flexibility index (Phi) is 6.05. The van der Waals surface area contributed by atoms with E-state index in [9.17, 15) is 13.2 Å². The van der Waals surface area contributed by atoms with Crippen molar-refractivity contribution in [2.24, 2.45) is 0 Å². The van der Waals surface area contributed by atoms with E-state index in [-0.39, 0.29) is 23.1 Å². The molecule has 0 aliphatic carbocycles. The number of hydrogen-bond donors (Lipinski definition) is 2. The van der Waals surface area contributed by atoms with Gasteiger partial charge in [0.25, 0.3) is 5.91 Å². The number of nitrogens with zero attached hydrogens (tertiary/aromatic N) is 2. The van der Waals surface area contributed by atoms with Gasteiger partial charge in [-0.05, 0) is 74.0 Å². The van der Waals surface area contributed by atoms with Crippen molar-refractivity contribution in [2.45, 2.75) is 37.2 Å². The molecule has 1 amide bonds. The van der Waals surface area contributed by atoms with E-state index >= 15 is 0 Å². The molecule has 2 N–H and O–H groups in total. The van der Waals surface area contributed by atoms with Crippen LogP contribution in [0.3, 0.4) is 0 Å². The second-order valence-corrected chi connectivity index (χ2v) is 12.0. The number of benzene rings is 3. The molecule has 0 atom stereocenters. The predicted octanol–water partition coefficient (Wildman–Crippen LogP) is 5.38. The van der Waals surface area contributed by atoms with Gasteiger partial charge in [-0.1, -0.05) is 30.7 Å². The molecule has 2 aliphatic heterocycles. The van der Waals surface area contributed by atoms with Gasteiger partial charge in [-0.2, -0.15) is 8.42 Å². The molecular weight excluding hydrogens is 524 g/mol. The summed E-state index contributed by atoms with van der Waals surface area (Å²) in [6.07, 6.45) is 5.37. The van der Waals surface area contributed by atoms with E-state index in [0.29, 0.717) is 27.6 Å². The number of aromatic nitrogens is 2. The zero-order chi connectivity index (χ0) is 27.3. The molecular formula is C31H28N4O4S. The SMILES string of the molecule is O=C1NCc2c(OS(=O)(=O)c3cccc4cccnc34)ccc(-c3cc4cc(CN5CCCCC5)ccc4[nH]3)c21. The van der Waals surface area contributed by atoms with Crippen LogP contribution in [0.2, 0.25) is 0 Å². The Bertz CT molecular complexity index is 1890. The second kappa shape index (κ2) is 9.76. The number of amides is 1. The van der Waals surface area contributed by atoms with Gasteiger partial charge in [0.2, 0.25) is 0 Å². The standard InChI is InChI=1S/C31H28N4O4S/c36-31-29-23(26-17-22-16-20(9-11-25(22)34-26)19-35-14-2-1-3-15-35)10-12-27(24(29)18-33-31)39-40(37,38)28-8-4-6-21-7-5-13-32-30(21)28/h4-13,16-17,34H,1-3,14-15,18-19H2,(H,33,36). The molecule has 2 aliphatic rings. The quantitative estimate of drug-likeness (QED) is 0.274. The smallest absolute Gasteiger partial charge is 0.341 e. The van der Waals surface area contributed by atoms with E-state index in [1.165, 1.54) is 30.9 Å². The van der Waals surface area contributed by atoms with Gasteiger partial charge >= 0.3 is 10.1 Å². The molecule has 0 spiro atoms. The molecule has 1 saturated heterocycles. The third-order valence-corrected chi connectivity index (χ3v) is 9.08. The number of aromatic amines is 1. The normalized spacial score (nSPS) is 15.8. The maximum Gasteiger partial charge on any atom is 0.341 e. The van der Waals surface area contributed by atoms with Crippen LogP contribution in [0, 0.1) is 0 Å². The lowest BCUT2D eigenvalue weighted by Crippen LogP contribution is -2.28. The van der Waals surface area contributed by atoms with E-state index in [0.717, 1.165) is 36.2 Å². The summed E-state index contributed by atoms with van der Waals surface area (Å²) in [4.78, 5) is 23.1. The molecule has 0 unspecified atom stereocenters. The minimum Gasteiger partial charge on any atom is -0.379 e. The summed E-state index contributed by atoms with van der Waals surface area (Å²) >= 11 is 0. The minimum absolute atomic E-state index is 0.0170. The van der Waals surface area contributed by atoms with Crippen molar-refractivity contribution in [2.75, 3.05) is 13.1 Å². The van der Waals surface area contributed by atoms with E-state index < -0.39 is 10.1 Å². The first kappa shape index (κ1) is 24.8. The van der Waals surface area contributed by atoms with Crippen LogP contribution in [0.1, 0.15) is 40.7 Å². The summed E-state index contributed by atoms with van der Waals surface area (Å²) in [7, 11) is -4.21. The molecule has 4 heterocycles. The number of nitrogens with one attached hydrogen (secondary N) is 2. The molecule has 5 aromatic rings. The molecule has 202 valence electrons. The van der Waals surface area contributed by atoms with Crippen molar-refractivity contribution in [1.29, 1.82) is 0 Å². The molecule has 3 aromatic carbocycles. The van der Waals surface area contributed by atoms with Gasteiger partial charge < -0.3 is 14.5 Å². The van der Waals surface area contributed by atoms with Crippen LogP contribution in [0.15, 0.2) is 77.8 Å². The van der Waals surface area contributed by atoms with Gasteiger partial charge in [-0.25, -0.2) is 0 Å². The van der Waals surface area contributed by atoms with Crippen molar-refractivity contribution in [3.8, 4) is 17.0 Å². The maximum absolute atomic E-state index is 13.4. The molecule has 0 saturated carbocycles. The summed E-state index contributed by atoms with van der Waals surface area (Å²) in [6.45, 7) is 3.39. The molecule has 1 fully saturated rings. The molecule has 9 heteroatoms. The third-order valence-electron chi connectivity index (χ3n) is 7.82. The lowest BCUT2D eigenvalue weighted by molar-refractivity contribution is 0.0966. The van der Waals surface area contributed by atoms with E-state index in [2.05, 4.69) is 44.5 Å². The van der Waals surface area contributed by atoms with E-state index in [4.69, 9.17) is 4.18 Å². The number of H-pyrrole nitrogens is 1. The van der Waals surface area contributed by atoms with Gasteiger partial charge in [0.1, 0.15) is 10.6 Å². The summed E-state index contributed by atoms with van der Waals surface area (Å²) < 4.78 is 32.4. The zero-order valence-electron chi connectivity index (χ0n) is 21.8. The van der Waals surface area contributed by atoms with Crippen molar-refractivity contribution in [1.82, 2.24) is 20.2 Å². The summed E-state index contributed by atoms with van der Waals surface area (Å²) in [5, 5.41) is 4.60. The number of pyridine rings is 1. The Labute approximate surface area is 232 Å². The Balaban J connectivity index is 1.23. The van der Waals surface area contributed by atoms with Gasteiger partial charge in [-0.15, -0.1) is 0 Å². The van der Waals surface area contributed by atoms with Crippen molar-refractivity contribution in [3.05, 3.63) is 89.6 Å². The van der Waals surface area contributed by atoms with Crippen LogP contribution in [0.5, 0.6) is 5.75 Å². The average Bonchev–Trinajstić information content (AvgIpc) is 3.57. The largest absolute Gasteiger partial charge is 0.379 e. The predicted molar refractivity (Wildman–Crippen MR) is 154 cm³/mol. The summed E-state index contributed by atoms with van der Waals surface area (Å²) in [6, 6.07) is 20.3. The van der Waals surface area contributed by atoms with Crippen LogP contribution in [0.4, 0.5) is 0 Å². The van der Waals surface area contributed by atoms with Gasteiger partial charge in [0.15, 0.2) is 0 Å².